The molecule has 0 atom stereocenters. The van der Waals surface area contributed by atoms with Gasteiger partial charge in [-0.2, -0.15) is 0 Å². The lowest BCUT2D eigenvalue weighted by atomic mass is 10.2. The first kappa shape index (κ1) is 23.0. The molecule has 0 fully saturated rings. The second-order valence-corrected chi connectivity index (χ2v) is 7.55. The molecule has 2 heterocycles. The Morgan fingerprint density at radius 1 is 1.00 bits per heavy atom. The molecule has 0 bridgehead atoms. The molecule has 0 unspecified atom stereocenters. The van der Waals surface area contributed by atoms with E-state index in [1.54, 1.807) is 54.9 Å². The summed E-state index contributed by atoms with van der Waals surface area (Å²) >= 11 is 6.01. The van der Waals surface area contributed by atoms with Gasteiger partial charge in [0.15, 0.2) is 0 Å². The largest absolute Gasteiger partial charge is 0.495 e. The van der Waals surface area contributed by atoms with Crippen LogP contribution >= 0.6 is 11.6 Å². The summed E-state index contributed by atoms with van der Waals surface area (Å²) in [5, 5.41) is 5.98. The summed E-state index contributed by atoms with van der Waals surface area (Å²) in [6.07, 6.45) is 4.12. The highest BCUT2D eigenvalue weighted by Crippen LogP contribution is 2.31. The highest BCUT2D eigenvalue weighted by atomic mass is 35.5. The Kier molecular flexibility index (Phi) is 7.19. The van der Waals surface area contributed by atoms with E-state index in [4.69, 9.17) is 21.1 Å². The summed E-state index contributed by atoms with van der Waals surface area (Å²) in [5.41, 5.74) is 2.54. The second-order valence-electron chi connectivity index (χ2n) is 7.12. The number of aryl methyl sites for hydroxylation is 1. The SMILES string of the molecule is CCc1nccc(-c2cccnc2Oc2ccc(NC(=O)Nc3cc(Cl)ccc3OC)cc2)n1. The number of methoxy groups -OCH3 is 1. The molecule has 34 heavy (non-hydrogen) atoms. The van der Waals surface area contributed by atoms with Gasteiger partial charge in [-0.1, -0.05) is 18.5 Å². The van der Waals surface area contributed by atoms with Crippen LogP contribution in [0.5, 0.6) is 17.4 Å². The van der Waals surface area contributed by atoms with E-state index >= 15 is 0 Å². The van der Waals surface area contributed by atoms with Gasteiger partial charge in [-0.15, -0.1) is 0 Å². The van der Waals surface area contributed by atoms with Gasteiger partial charge in [-0.25, -0.2) is 19.7 Å². The number of urea groups is 1. The number of aromatic nitrogens is 3. The van der Waals surface area contributed by atoms with Gasteiger partial charge in [0.2, 0.25) is 5.88 Å². The third-order valence-electron chi connectivity index (χ3n) is 4.81. The van der Waals surface area contributed by atoms with E-state index in [0.29, 0.717) is 33.8 Å². The quantitative estimate of drug-likeness (QED) is 0.330. The van der Waals surface area contributed by atoms with E-state index in [2.05, 4.69) is 25.6 Å². The van der Waals surface area contributed by atoms with E-state index in [1.165, 1.54) is 7.11 Å². The van der Waals surface area contributed by atoms with E-state index in [-0.39, 0.29) is 0 Å². The number of hydrogen-bond donors (Lipinski definition) is 2. The van der Waals surface area contributed by atoms with Crippen molar-refractivity contribution in [2.75, 3.05) is 17.7 Å². The van der Waals surface area contributed by atoms with E-state index in [9.17, 15) is 4.79 Å². The van der Waals surface area contributed by atoms with Crippen molar-refractivity contribution in [3.63, 3.8) is 0 Å². The Bertz CT molecular complexity index is 1300. The van der Waals surface area contributed by atoms with Crippen molar-refractivity contribution < 1.29 is 14.3 Å². The zero-order valence-corrected chi connectivity index (χ0v) is 19.3. The van der Waals surface area contributed by atoms with Gasteiger partial charge < -0.3 is 20.1 Å². The monoisotopic (exact) mass is 475 g/mol. The van der Waals surface area contributed by atoms with E-state index < -0.39 is 6.03 Å². The minimum Gasteiger partial charge on any atom is -0.495 e. The lowest BCUT2D eigenvalue weighted by molar-refractivity contribution is 0.262. The first-order valence-electron chi connectivity index (χ1n) is 10.5. The van der Waals surface area contributed by atoms with Gasteiger partial charge in [0, 0.05) is 29.5 Å². The normalized spacial score (nSPS) is 10.4. The van der Waals surface area contributed by atoms with Crippen molar-refractivity contribution in [2.24, 2.45) is 0 Å². The van der Waals surface area contributed by atoms with Crippen LogP contribution in [0, 0.1) is 0 Å². The molecule has 4 aromatic rings. The maximum absolute atomic E-state index is 12.4. The molecule has 0 aliphatic heterocycles. The van der Waals surface area contributed by atoms with Gasteiger partial charge >= 0.3 is 6.03 Å². The average Bonchev–Trinajstić information content (AvgIpc) is 2.86. The van der Waals surface area contributed by atoms with Crippen LogP contribution in [0.4, 0.5) is 16.2 Å². The molecule has 2 amide bonds. The Morgan fingerprint density at radius 2 is 1.82 bits per heavy atom. The van der Waals surface area contributed by atoms with Crippen molar-refractivity contribution in [1.82, 2.24) is 15.0 Å². The number of nitrogens with zero attached hydrogens (tertiary/aromatic N) is 3. The number of carbonyl (C=O) groups excluding carboxylic acids is 1. The predicted molar refractivity (Wildman–Crippen MR) is 132 cm³/mol. The molecule has 2 N–H and O–H groups in total. The lowest BCUT2D eigenvalue weighted by Gasteiger charge is -2.12. The smallest absolute Gasteiger partial charge is 0.323 e. The number of ether oxygens (including phenoxy) is 2. The number of benzene rings is 2. The molecule has 0 aliphatic carbocycles. The van der Waals surface area contributed by atoms with Crippen LogP contribution in [-0.4, -0.2) is 28.1 Å². The number of carbonyl (C=O) groups is 1. The summed E-state index contributed by atoms with van der Waals surface area (Å²) in [7, 11) is 1.52. The first-order chi connectivity index (χ1) is 16.6. The number of nitrogens with one attached hydrogen (secondary N) is 2. The van der Waals surface area contributed by atoms with Crippen molar-refractivity contribution in [3.8, 4) is 28.6 Å². The number of halogens is 1. The molecule has 4 rings (SSSR count). The van der Waals surface area contributed by atoms with Crippen LogP contribution in [0.2, 0.25) is 5.02 Å². The van der Waals surface area contributed by atoms with Gasteiger partial charge in [0.1, 0.15) is 17.3 Å². The lowest BCUT2D eigenvalue weighted by Crippen LogP contribution is -2.19. The topological polar surface area (TPSA) is 98.3 Å². The Morgan fingerprint density at radius 3 is 2.59 bits per heavy atom. The molecule has 2 aromatic carbocycles. The minimum atomic E-state index is -0.434. The van der Waals surface area contributed by atoms with Gasteiger partial charge in [0.25, 0.3) is 0 Å². The highest BCUT2D eigenvalue weighted by Gasteiger charge is 2.12. The van der Waals surface area contributed by atoms with E-state index in [0.717, 1.165) is 23.5 Å². The fourth-order valence-electron chi connectivity index (χ4n) is 3.17. The Hall–Kier alpha value is -4.17. The third-order valence-corrected chi connectivity index (χ3v) is 5.04. The Labute approximate surface area is 202 Å². The van der Waals surface area contributed by atoms with Crippen LogP contribution in [-0.2, 0) is 6.42 Å². The zero-order chi connectivity index (χ0) is 23.9. The van der Waals surface area contributed by atoms with Crippen molar-refractivity contribution >= 4 is 29.0 Å². The zero-order valence-electron chi connectivity index (χ0n) is 18.6. The molecule has 0 saturated heterocycles. The highest BCUT2D eigenvalue weighted by molar-refractivity contribution is 6.31. The van der Waals surface area contributed by atoms with E-state index in [1.807, 2.05) is 25.1 Å². The Balaban J connectivity index is 1.45. The van der Waals surface area contributed by atoms with Crippen LogP contribution in [0.1, 0.15) is 12.7 Å². The van der Waals surface area contributed by atoms with Crippen molar-refractivity contribution in [2.45, 2.75) is 13.3 Å². The maximum Gasteiger partial charge on any atom is 0.323 e. The minimum absolute atomic E-state index is 0.426. The molecule has 9 heteroatoms. The number of hydrogen-bond acceptors (Lipinski definition) is 6. The average molecular weight is 476 g/mol. The molecule has 8 nitrogen and oxygen atoms in total. The number of pyridine rings is 1. The van der Waals surface area contributed by atoms with Gasteiger partial charge in [-0.3, -0.25) is 0 Å². The number of anilines is 2. The van der Waals surface area contributed by atoms with Crippen LogP contribution in [0.25, 0.3) is 11.3 Å². The summed E-state index contributed by atoms with van der Waals surface area (Å²) in [5.74, 6) is 2.24. The maximum atomic E-state index is 12.4. The summed E-state index contributed by atoms with van der Waals surface area (Å²) in [4.78, 5) is 25.6. The van der Waals surface area contributed by atoms with Gasteiger partial charge in [-0.05, 0) is 60.7 Å². The molecule has 0 saturated carbocycles. The molecular formula is C25H22ClN5O3. The number of amides is 2. The fraction of sp³-hybridized carbons (Fsp3) is 0.120. The molecule has 172 valence electrons. The van der Waals surface area contributed by atoms with Crippen LogP contribution in [0.3, 0.4) is 0 Å². The molecule has 0 radical (unpaired) electrons. The standard InChI is InChI=1S/C25H22ClN5O3/c1-3-23-27-14-12-20(30-23)19-5-4-13-28-24(19)34-18-9-7-17(8-10-18)29-25(32)31-21-15-16(26)6-11-22(21)33-2/h4-15H,3H2,1-2H3,(H2,29,31,32). The molecule has 2 aromatic heterocycles. The second kappa shape index (κ2) is 10.6. The van der Waals surface area contributed by atoms with Crippen LogP contribution in [0.15, 0.2) is 73.1 Å². The summed E-state index contributed by atoms with van der Waals surface area (Å²) in [6, 6.07) is 17.0. The fourth-order valence-corrected chi connectivity index (χ4v) is 3.34. The molecule has 0 spiro atoms. The van der Waals surface area contributed by atoms with Crippen molar-refractivity contribution in [3.05, 3.63) is 83.9 Å². The summed E-state index contributed by atoms with van der Waals surface area (Å²) in [6.45, 7) is 2.00. The summed E-state index contributed by atoms with van der Waals surface area (Å²) < 4.78 is 11.3. The van der Waals surface area contributed by atoms with Gasteiger partial charge in [0.05, 0.1) is 24.1 Å². The first-order valence-corrected chi connectivity index (χ1v) is 10.9. The molecule has 0 aliphatic rings. The predicted octanol–water partition coefficient (Wildman–Crippen LogP) is 6.20. The van der Waals surface area contributed by atoms with Crippen LogP contribution < -0.4 is 20.1 Å². The molecular weight excluding hydrogens is 454 g/mol. The number of rotatable bonds is 7. The third kappa shape index (κ3) is 5.60. The van der Waals surface area contributed by atoms with Crippen molar-refractivity contribution in [1.29, 1.82) is 0 Å².